The lowest BCUT2D eigenvalue weighted by Gasteiger charge is -2.25. The van der Waals surface area contributed by atoms with Gasteiger partial charge in [0.2, 0.25) is 0 Å². The van der Waals surface area contributed by atoms with Gasteiger partial charge < -0.3 is 15.5 Å². The summed E-state index contributed by atoms with van der Waals surface area (Å²) in [5.41, 5.74) is 2.56. The number of rotatable bonds is 6. The minimum absolute atomic E-state index is 0.238. The highest BCUT2D eigenvalue weighted by molar-refractivity contribution is 7.80. The number of thiocarbonyl (C=S) groups is 1. The molecule has 0 aromatic heterocycles. The fourth-order valence-electron chi connectivity index (χ4n) is 2.38. The van der Waals surface area contributed by atoms with Crippen LogP contribution in [0.25, 0.3) is 0 Å². The predicted molar refractivity (Wildman–Crippen MR) is 103 cm³/mol. The van der Waals surface area contributed by atoms with Crippen molar-refractivity contribution >= 4 is 23.0 Å². The fourth-order valence-corrected chi connectivity index (χ4v) is 2.58. The molecule has 1 atom stereocenters. The average Bonchev–Trinajstić information content (AvgIpc) is 2.55. The van der Waals surface area contributed by atoms with E-state index in [2.05, 4.69) is 41.8 Å². The summed E-state index contributed by atoms with van der Waals surface area (Å²) in [4.78, 5) is 2.17. The first-order chi connectivity index (χ1) is 11.5. The zero-order chi connectivity index (χ0) is 17.5. The van der Waals surface area contributed by atoms with Gasteiger partial charge in [-0.2, -0.15) is 0 Å². The van der Waals surface area contributed by atoms with Gasteiger partial charge in [0, 0.05) is 18.3 Å². The lowest BCUT2D eigenvalue weighted by molar-refractivity contribution is 0.291. The second kappa shape index (κ2) is 8.76. The van der Waals surface area contributed by atoms with E-state index in [4.69, 9.17) is 12.2 Å². The Morgan fingerprint density at radius 2 is 1.88 bits per heavy atom. The van der Waals surface area contributed by atoms with E-state index >= 15 is 0 Å². The van der Waals surface area contributed by atoms with Gasteiger partial charge in [0.15, 0.2) is 5.11 Å². The number of benzene rings is 2. The van der Waals surface area contributed by atoms with Crippen LogP contribution in [0.1, 0.15) is 11.1 Å². The summed E-state index contributed by atoms with van der Waals surface area (Å²) in [6.45, 7) is 2.45. The van der Waals surface area contributed by atoms with Crippen LogP contribution in [0, 0.1) is 12.7 Å². The van der Waals surface area contributed by atoms with Crippen molar-refractivity contribution in [3.8, 4) is 0 Å². The monoisotopic (exact) mass is 345 g/mol. The van der Waals surface area contributed by atoms with E-state index in [-0.39, 0.29) is 5.82 Å². The molecule has 0 spiro atoms. The number of hydrogen-bond acceptors (Lipinski definition) is 2. The summed E-state index contributed by atoms with van der Waals surface area (Å²) >= 11 is 5.32. The maximum Gasteiger partial charge on any atom is 0.170 e. The molecule has 24 heavy (non-hydrogen) atoms. The van der Waals surface area contributed by atoms with Crippen molar-refractivity contribution in [1.82, 2.24) is 10.2 Å². The Hall–Kier alpha value is -1.98. The molecule has 0 fully saturated rings. The first-order valence-corrected chi connectivity index (χ1v) is 8.38. The third-order valence-electron chi connectivity index (χ3n) is 3.97. The van der Waals surface area contributed by atoms with Crippen molar-refractivity contribution in [2.45, 2.75) is 19.4 Å². The van der Waals surface area contributed by atoms with E-state index in [0.29, 0.717) is 28.9 Å². The third kappa shape index (κ3) is 5.58. The first kappa shape index (κ1) is 18.4. The normalized spacial score (nSPS) is 12.0. The number of hydrogen-bond donors (Lipinski definition) is 2. The van der Waals surface area contributed by atoms with Crippen molar-refractivity contribution in [3.63, 3.8) is 0 Å². The summed E-state index contributed by atoms with van der Waals surface area (Å²) in [5, 5.41) is 6.75. The van der Waals surface area contributed by atoms with E-state index in [1.807, 2.05) is 24.3 Å². The van der Waals surface area contributed by atoms with E-state index < -0.39 is 0 Å². The average molecular weight is 345 g/mol. The van der Waals surface area contributed by atoms with Crippen LogP contribution in [0.15, 0.2) is 48.5 Å². The minimum atomic E-state index is -0.238. The SMILES string of the molecule is Cc1ccc(NC(=S)NC[C@H](Cc2ccccc2)N(C)C)cc1F. The van der Waals surface area contributed by atoms with Crippen LogP contribution < -0.4 is 10.6 Å². The van der Waals surface area contributed by atoms with Crippen LogP contribution in [-0.2, 0) is 6.42 Å². The molecule has 0 aliphatic rings. The second-order valence-electron chi connectivity index (χ2n) is 6.11. The molecule has 0 aliphatic heterocycles. The molecular weight excluding hydrogens is 321 g/mol. The molecule has 2 rings (SSSR count). The van der Waals surface area contributed by atoms with Crippen molar-refractivity contribution in [2.75, 3.05) is 26.0 Å². The van der Waals surface area contributed by atoms with Crippen LogP contribution in [0.3, 0.4) is 0 Å². The highest BCUT2D eigenvalue weighted by atomic mass is 32.1. The third-order valence-corrected chi connectivity index (χ3v) is 4.22. The molecule has 0 unspecified atom stereocenters. The molecule has 128 valence electrons. The van der Waals surface area contributed by atoms with Crippen LogP contribution in [0.2, 0.25) is 0 Å². The smallest absolute Gasteiger partial charge is 0.170 e. The molecule has 2 aromatic rings. The molecule has 0 saturated carbocycles. The Labute approximate surface area is 148 Å². The summed E-state index contributed by atoms with van der Waals surface area (Å²) in [7, 11) is 4.11. The fraction of sp³-hybridized carbons (Fsp3) is 0.316. The van der Waals surface area contributed by atoms with Gasteiger partial charge in [0.05, 0.1) is 0 Å². The molecule has 0 saturated heterocycles. The molecule has 0 amide bonds. The van der Waals surface area contributed by atoms with Gasteiger partial charge in [-0.1, -0.05) is 36.4 Å². The molecule has 3 nitrogen and oxygen atoms in total. The first-order valence-electron chi connectivity index (χ1n) is 7.97. The highest BCUT2D eigenvalue weighted by Crippen LogP contribution is 2.13. The maximum atomic E-state index is 13.6. The van der Waals surface area contributed by atoms with Crippen molar-refractivity contribution in [2.24, 2.45) is 0 Å². The van der Waals surface area contributed by atoms with Crippen molar-refractivity contribution in [1.29, 1.82) is 0 Å². The van der Waals surface area contributed by atoms with Crippen LogP contribution in [0.4, 0.5) is 10.1 Å². The van der Waals surface area contributed by atoms with Crippen molar-refractivity contribution in [3.05, 3.63) is 65.5 Å². The van der Waals surface area contributed by atoms with E-state index in [1.54, 1.807) is 13.0 Å². The number of halogens is 1. The van der Waals surface area contributed by atoms with E-state index in [9.17, 15) is 4.39 Å². The van der Waals surface area contributed by atoms with Gasteiger partial charge in [0.1, 0.15) is 5.82 Å². The number of nitrogens with zero attached hydrogens (tertiary/aromatic N) is 1. The molecule has 0 bridgehead atoms. The zero-order valence-corrected chi connectivity index (χ0v) is 15.2. The lowest BCUT2D eigenvalue weighted by atomic mass is 10.1. The van der Waals surface area contributed by atoms with Crippen molar-refractivity contribution < 1.29 is 4.39 Å². The standard InChI is InChI=1S/C19H24FN3S/c1-14-9-10-16(12-18(14)20)22-19(24)21-13-17(23(2)3)11-15-7-5-4-6-8-15/h4-10,12,17H,11,13H2,1-3H3,(H2,21,22,24)/t17-/m0/s1. The Morgan fingerprint density at radius 3 is 2.50 bits per heavy atom. The summed E-state index contributed by atoms with van der Waals surface area (Å²) < 4.78 is 13.6. The molecule has 5 heteroatoms. The maximum absolute atomic E-state index is 13.6. The minimum Gasteiger partial charge on any atom is -0.361 e. The summed E-state index contributed by atoms with van der Waals surface area (Å²) in [5.74, 6) is -0.238. The zero-order valence-electron chi connectivity index (χ0n) is 14.3. The Bertz CT molecular complexity index is 674. The largest absolute Gasteiger partial charge is 0.361 e. The van der Waals surface area contributed by atoms with Gasteiger partial charge in [-0.25, -0.2) is 4.39 Å². The quantitative estimate of drug-likeness (QED) is 0.783. The van der Waals surface area contributed by atoms with Crippen LogP contribution >= 0.6 is 12.2 Å². The second-order valence-corrected chi connectivity index (χ2v) is 6.51. The lowest BCUT2D eigenvalue weighted by Crippen LogP contribution is -2.42. The topological polar surface area (TPSA) is 27.3 Å². The van der Waals surface area contributed by atoms with Gasteiger partial charge >= 0.3 is 0 Å². The Balaban J connectivity index is 1.89. The molecule has 2 aromatic carbocycles. The van der Waals surface area contributed by atoms with Gasteiger partial charge in [0.25, 0.3) is 0 Å². The Morgan fingerprint density at radius 1 is 1.17 bits per heavy atom. The van der Waals surface area contributed by atoms with Crippen LogP contribution in [0.5, 0.6) is 0 Å². The van der Waals surface area contributed by atoms with E-state index in [1.165, 1.54) is 11.6 Å². The molecule has 0 aliphatic carbocycles. The van der Waals surface area contributed by atoms with Gasteiger partial charge in [-0.05, 0) is 62.9 Å². The highest BCUT2D eigenvalue weighted by Gasteiger charge is 2.13. The van der Waals surface area contributed by atoms with Gasteiger partial charge in [-0.3, -0.25) is 0 Å². The molecule has 0 heterocycles. The molecule has 0 radical (unpaired) electrons. The van der Waals surface area contributed by atoms with Gasteiger partial charge in [-0.15, -0.1) is 0 Å². The number of nitrogens with one attached hydrogen (secondary N) is 2. The summed E-state index contributed by atoms with van der Waals surface area (Å²) in [6, 6.07) is 15.7. The Kier molecular flexibility index (Phi) is 6.70. The summed E-state index contributed by atoms with van der Waals surface area (Å²) in [6.07, 6.45) is 0.933. The number of anilines is 1. The molecular formula is C19H24FN3S. The number of likely N-dealkylation sites (N-methyl/N-ethyl adjacent to an activating group) is 1. The van der Waals surface area contributed by atoms with Crippen LogP contribution in [-0.4, -0.2) is 36.7 Å². The number of aryl methyl sites for hydroxylation is 1. The van der Waals surface area contributed by atoms with E-state index in [0.717, 1.165) is 6.42 Å². The molecule has 2 N–H and O–H groups in total. The predicted octanol–water partition coefficient (Wildman–Crippen LogP) is 3.59.